The minimum absolute atomic E-state index is 0.478. The van der Waals surface area contributed by atoms with Crippen LogP contribution in [0.1, 0.15) is 72.1 Å². The fourth-order valence-electron chi connectivity index (χ4n) is 3.39. The maximum Gasteiger partial charge on any atom is 0.0124 e. The van der Waals surface area contributed by atoms with E-state index in [-0.39, 0.29) is 0 Å². The van der Waals surface area contributed by atoms with Crippen LogP contribution in [-0.2, 0) is 0 Å². The molecule has 2 rings (SSSR count). The highest BCUT2D eigenvalue weighted by atomic mass is 15.0. The molecule has 16 heavy (non-hydrogen) atoms. The maximum absolute atomic E-state index is 3.87. The largest absolute Gasteiger partial charge is 0.313 e. The normalized spacial score (nSPS) is 29.1. The van der Waals surface area contributed by atoms with Gasteiger partial charge in [-0.15, -0.1) is 0 Å². The average Bonchev–Trinajstić information content (AvgIpc) is 2.29. The van der Waals surface area contributed by atoms with Crippen molar-refractivity contribution in [2.24, 2.45) is 10.8 Å². The molecular weight excluding hydrogens is 194 g/mol. The quantitative estimate of drug-likeness (QED) is 0.756. The van der Waals surface area contributed by atoms with Crippen LogP contribution in [0, 0.1) is 10.8 Å². The molecule has 2 fully saturated rings. The number of rotatable bonds is 4. The van der Waals surface area contributed by atoms with Crippen LogP contribution in [-0.4, -0.2) is 12.6 Å². The first-order valence-electron chi connectivity index (χ1n) is 7.31. The Balaban J connectivity index is 1.82. The lowest BCUT2D eigenvalue weighted by Gasteiger charge is -2.53. The minimum atomic E-state index is 0.478. The van der Waals surface area contributed by atoms with E-state index >= 15 is 0 Å². The van der Waals surface area contributed by atoms with E-state index in [4.69, 9.17) is 0 Å². The van der Waals surface area contributed by atoms with E-state index < -0.39 is 0 Å². The zero-order chi connectivity index (χ0) is 11.6. The predicted molar refractivity (Wildman–Crippen MR) is 70.6 cm³/mol. The summed E-state index contributed by atoms with van der Waals surface area (Å²) in [4.78, 5) is 0. The van der Waals surface area contributed by atoms with Crippen LogP contribution in [0.5, 0.6) is 0 Å². The molecule has 0 aromatic heterocycles. The number of nitrogens with one attached hydrogen (secondary N) is 1. The van der Waals surface area contributed by atoms with Crippen LogP contribution >= 0.6 is 0 Å². The van der Waals surface area contributed by atoms with Crippen LogP contribution < -0.4 is 5.32 Å². The summed E-state index contributed by atoms with van der Waals surface area (Å²) in [7, 11) is 0. The van der Waals surface area contributed by atoms with E-state index in [1.807, 2.05) is 0 Å². The molecule has 2 aliphatic rings. The molecule has 2 aliphatic carbocycles. The van der Waals surface area contributed by atoms with Gasteiger partial charge in [-0.25, -0.2) is 0 Å². The molecule has 2 saturated carbocycles. The average molecular weight is 223 g/mol. The zero-order valence-corrected chi connectivity index (χ0v) is 11.4. The molecule has 0 aliphatic heterocycles. The van der Waals surface area contributed by atoms with E-state index in [9.17, 15) is 0 Å². The molecule has 0 heterocycles. The lowest BCUT2D eigenvalue weighted by Crippen LogP contribution is -2.55. The summed E-state index contributed by atoms with van der Waals surface area (Å²) in [5, 5.41) is 3.87. The van der Waals surface area contributed by atoms with Gasteiger partial charge in [0.05, 0.1) is 0 Å². The Morgan fingerprint density at radius 1 is 1.12 bits per heavy atom. The molecule has 1 N–H and O–H groups in total. The summed E-state index contributed by atoms with van der Waals surface area (Å²) in [6.07, 6.45) is 11.6. The Morgan fingerprint density at radius 2 is 1.81 bits per heavy atom. The molecule has 1 spiro atoms. The Kier molecular flexibility index (Phi) is 3.63. The van der Waals surface area contributed by atoms with Gasteiger partial charge in [-0.3, -0.25) is 0 Å². The number of hydrogen-bond acceptors (Lipinski definition) is 1. The summed E-state index contributed by atoms with van der Waals surface area (Å²) >= 11 is 0. The van der Waals surface area contributed by atoms with Gasteiger partial charge in [0, 0.05) is 12.6 Å². The zero-order valence-electron chi connectivity index (χ0n) is 11.4. The molecule has 1 heteroatoms. The lowest BCUT2D eigenvalue weighted by atomic mass is 9.57. The fourth-order valence-corrected chi connectivity index (χ4v) is 3.39. The van der Waals surface area contributed by atoms with Gasteiger partial charge >= 0.3 is 0 Å². The van der Waals surface area contributed by atoms with Crippen LogP contribution in [0.2, 0.25) is 0 Å². The van der Waals surface area contributed by atoms with Crippen LogP contribution in [0.3, 0.4) is 0 Å². The van der Waals surface area contributed by atoms with Crippen molar-refractivity contribution in [3.05, 3.63) is 0 Å². The van der Waals surface area contributed by atoms with Crippen molar-refractivity contribution >= 4 is 0 Å². The summed E-state index contributed by atoms with van der Waals surface area (Å²) < 4.78 is 0. The van der Waals surface area contributed by atoms with Crippen molar-refractivity contribution in [3.63, 3.8) is 0 Å². The van der Waals surface area contributed by atoms with Crippen LogP contribution in [0.4, 0.5) is 0 Å². The molecule has 94 valence electrons. The molecule has 0 saturated heterocycles. The first kappa shape index (κ1) is 12.4. The maximum atomic E-state index is 3.87. The van der Waals surface area contributed by atoms with E-state index in [0.717, 1.165) is 11.5 Å². The van der Waals surface area contributed by atoms with E-state index in [2.05, 4.69) is 26.1 Å². The summed E-state index contributed by atoms with van der Waals surface area (Å²) in [6, 6.07) is 0.846. The smallest absolute Gasteiger partial charge is 0.0124 e. The molecule has 0 radical (unpaired) electrons. The standard InChI is InChI=1S/C15H29N/c1-4-14(2,3)12-16-13-8-11-15(13)9-6-5-7-10-15/h13,16H,4-12H2,1-3H3. The van der Waals surface area contributed by atoms with Gasteiger partial charge in [0.25, 0.3) is 0 Å². The van der Waals surface area contributed by atoms with Gasteiger partial charge < -0.3 is 5.32 Å². The molecule has 1 unspecified atom stereocenters. The second-order valence-corrected chi connectivity index (χ2v) is 6.91. The highest BCUT2D eigenvalue weighted by Crippen LogP contribution is 2.51. The van der Waals surface area contributed by atoms with E-state index in [1.165, 1.54) is 57.9 Å². The van der Waals surface area contributed by atoms with Crippen molar-refractivity contribution < 1.29 is 0 Å². The van der Waals surface area contributed by atoms with Crippen molar-refractivity contribution in [2.75, 3.05) is 6.54 Å². The van der Waals surface area contributed by atoms with Gasteiger partial charge in [-0.05, 0) is 42.9 Å². The van der Waals surface area contributed by atoms with E-state index in [1.54, 1.807) is 0 Å². The van der Waals surface area contributed by atoms with Gasteiger partial charge in [0.1, 0.15) is 0 Å². The third-order valence-corrected chi connectivity index (χ3v) is 5.30. The Hall–Kier alpha value is -0.0400. The molecular formula is C15H29N. The summed E-state index contributed by atoms with van der Waals surface area (Å²) in [6.45, 7) is 8.27. The SMILES string of the molecule is CCC(C)(C)CNC1CCC12CCCCC2. The van der Waals surface area contributed by atoms with E-state index in [0.29, 0.717) is 5.41 Å². The highest BCUT2D eigenvalue weighted by molar-refractivity contribution is 5.01. The molecule has 1 nitrogen and oxygen atoms in total. The second kappa shape index (κ2) is 4.68. The van der Waals surface area contributed by atoms with Crippen LogP contribution in [0.25, 0.3) is 0 Å². The second-order valence-electron chi connectivity index (χ2n) is 6.91. The minimum Gasteiger partial charge on any atom is -0.313 e. The van der Waals surface area contributed by atoms with Crippen molar-refractivity contribution in [1.82, 2.24) is 5.32 Å². The monoisotopic (exact) mass is 223 g/mol. The molecule has 0 aromatic carbocycles. The topological polar surface area (TPSA) is 12.0 Å². The Morgan fingerprint density at radius 3 is 2.31 bits per heavy atom. The van der Waals surface area contributed by atoms with Crippen molar-refractivity contribution in [2.45, 2.75) is 78.2 Å². The van der Waals surface area contributed by atoms with Gasteiger partial charge in [-0.2, -0.15) is 0 Å². The third kappa shape index (κ3) is 2.45. The number of hydrogen-bond donors (Lipinski definition) is 1. The van der Waals surface area contributed by atoms with Crippen molar-refractivity contribution in [1.29, 1.82) is 0 Å². The van der Waals surface area contributed by atoms with Crippen molar-refractivity contribution in [3.8, 4) is 0 Å². The first-order valence-corrected chi connectivity index (χ1v) is 7.31. The summed E-state index contributed by atoms with van der Waals surface area (Å²) in [5.41, 5.74) is 1.20. The molecule has 0 bridgehead atoms. The molecule has 1 atom stereocenters. The van der Waals surface area contributed by atoms with Gasteiger partial charge in [0.2, 0.25) is 0 Å². The predicted octanol–water partition coefficient (Wildman–Crippen LogP) is 4.13. The lowest BCUT2D eigenvalue weighted by molar-refractivity contribution is 0.0178. The third-order valence-electron chi connectivity index (χ3n) is 5.30. The highest BCUT2D eigenvalue weighted by Gasteiger charge is 2.46. The molecule has 0 aromatic rings. The Labute approximate surface area is 101 Å². The van der Waals surface area contributed by atoms with Gasteiger partial charge in [0.15, 0.2) is 0 Å². The molecule has 0 amide bonds. The Bertz CT molecular complexity index is 226. The summed E-state index contributed by atoms with van der Waals surface area (Å²) in [5.74, 6) is 0. The fraction of sp³-hybridized carbons (Fsp3) is 1.00. The van der Waals surface area contributed by atoms with Gasteiger partial charge in [-0.1, -0.05) is 40.0 Å². The first-order chi connectivity index (χ1) is 7.58. The van der Waals surface area contributed by atoms with Crippen LogP contribution in [0.15, 0.2) is 0 Å².